The van der Waals surface area contributed by atoms with Crippen molar-refractivity contribution in [3.63, 3.8) is 0 Å². The number of nitrogens with one attached hydrogen (secondary N) is 2. The Bertz CT molecular complexity index is 272. The van der Waals surface area contributed by atoms with Crippen LogP contribution in [0.4, 0.5) is 0 Å². The van der Waals surface area contributed by atoms with Crippen molar-refractivity contribution < 1.29 is 14.7 Å². The molecule has 1 amide bonds. The summed E-state index contributed by atoms with van der Waals surface area (Å²) in [6, 6.07) is 0. The van der Waals surface area contributed by atoms with E-state index in [1.165, 1.54) is 0 Å². The molecule has 0 saturated heterocycles. The summed E-state index contributed by atoms with van der Waals surface area (Å²) in [5.41, 5.74) is 0.128. The van der Waals surface area contributed by atoms with Crippen molar-refractivity contribution in [1.82, 2.24) is 10.6 Å². The van der Waals surface area contributed by atoms with Gasteiger partial charge < -0.3 is 15.7 Å². The van der Waals surface area contributed by atoms with Crippen molar-refractivity contribution in [2.24, 2.45) is 5.92 Å². The predicted molar refractivity (Wildman–Crippen MR) is 55.4 cm³/mol. The molecular formula is C10H16N2O3. The zero-order chi connectivity index (χ0) is 11.3. The maximum absolute atomic E-state index is 11.2. The lowest BCUT2D eigenvalue weighted by molar-refractivity contribution is -0.132. The summed E-state index contributed by atoms with van der Waals surface area (Å²) in [6.07, 6.45) is 1.99. The Balaban J connectivity index is 1.94. The minimum atomic E-state index is -0.996. The lowest BCUT2D eigenvalue weighted by Gasteiger charge is -2.05. The molecule has 0 heterocycles. The van der Waals surface area contributed by atoms with Crippen molar-refractivity contribution in [2.45, 2.75) is 12.8 Å². The number of hydrogen-bond donors (Lipinski definition) is 3. The summed E-state index contributed by atoms with van der Waals surface area (Å²) in [6.45, 7) is 4.71. The average molecular weight is 212 g/mol. The highest BCUT2D eigenvalue weighted by atomic mass is 16.4. The highest BCUT2D eigenvalue weighted by Crippen LogP contribution is 2.28. The van der Waals surface area contributed by atoms with E-state index in [9.17, 15) is 9.59 Å². The third-order valence-corrected chi connectivity index (χ3v) is 2.19. The first-order chi connectivity index (χ1) is 7.11. The summed E-state index contributed by atoms with van der Waals surface area (Å²) in [5.74, 6) is -0.669. The van der Waals surface area contributed by atoms with Crippen LogP contribution in [-0.4, -0.2) is 36.6 Å². The Hall–Kier alpha value is -1.36. The normalized spacial score (nSPS) is 14.7. The van der Waals surface area contributed by atoms with E-state index in [4.69, 9.17) is 5.11 Å². The summed E-state index contributed by atoms with van der Waals surface area (Å²) >= 11 is 0. The maximum atomic E-state index is 11.2. The Morgan fingerprint density at radius 2 is 2.00 bits per heavy atom. The SMILES string of the molecule is C=C(CNCCNC(=O)C1CC1)C(=O)O. The zero-order valence-corrected chi connectivity index (χ0v) is 8.58. The van der Waals surface area contributed by atoms with Crippen LogP contribution in [-0.2, 0) is 9.59 Å². The number of rotatable bonds is 7. The van der Waals surface area contributed by atoms with E-state index >= 15 is 0 Å². The first kappa shape index (κ1) is 11.7. The van der Waals surface area contributed by atoms with Crippen LogP contribution >= 0.6 is 0 Å². The van der Waals surface area contributed by atoms with E-state index in [0.717, 1.165) is 12.8 Å². The molecule has 84 valence electrons. The molecule has 0 radical (unpaired) electrons. The fourth-order valence-electron chi connectivity index (χ4n) is 1.08. The molecule has 0 aromatic carbocycles. The Morgan fingerprint density at radius 1 is 1.33 bits per heavy atom. The van der Waals surface area contributed by atoms with Gasteiger partial charge in [0.15, 0.2) is 0 Å². The number of carbonyl (C=O) groups excluding carboxylic acids is 1. The van der Waals surface area contributed by atoms with Gasteiger partial charge in [-0.2, -0.15) is 0 Å². The second kappa shape index (κ2) is 5.50. The van der Waals surface area contributed by atoms with Gasteiger partial charge in [0.25, 0.3) is 0 Å². The van der Waals surface area contributed by atoms with Gasteiger partial charge >= 0.3 is 5.97 Å². The molecule has 0 aromatic heterocycles. The highest BCUT2D eigenvalue weighted by molar-refractivity contribution is 5.86. The largest absolute Gasteiger partial charge is 0.478 e. The van der Waals surface area contributed by atoms with E-state index in [2.05, 4.69) is 17.2 Å². The van der Waals surface area contributed by atoms with E-state index in [0.29, 0.717) is 13.1 Å². The Morgan fingerprint density at radius 3 is 2.53 bits per heavy atom. The van der Waals surface area contributed by atoms with Gasteiger partial charge in [0.05, 0.1) is 0 Å². The molecule has 0 spiro atoms. The number of aliphatic carboxylic acids is 1. The van der Waals surface area contributed by atoms with Crippen LogP contribution in [0.2, 0.25) is 0 Å². The highest BCUT2D eigenvalue weighted by Gasteiger charge is 2.28. The molecule has 15 heavy (non-hydrogen) atoms. The van der Waals surface area contributed by atoms with Gasteiger partial charge in [0, 0.05) is 31.1 Å². The van der Waals surface area contributed by atoms with Crippen LogP contribution in [0.25, 0.3) is 0 Å². The molecule has 0 unspecified atom stereocenters. The van der Waals surface area contributed by atoms with Crippen molar-refractivity contribution in [3.8, 4) is 0 Å². The lowest BCUT2D eigenvalue weighted by Crippen LogP contribution is -2.33. The summed E-state index contributed by atoms with van der Waals surface area (Å²) in [4.78, 5) is 21.5. The fraction of sp³-hybridized carbons (Fsp3) is 0.600. The molecule has 1 aliphatic carbocycles. The topological polar surface area (TPSA) is 78.4 Å². The zero-order valence-electron chi connectivity index (χ0n) is 8.58. The summed E-state index contributed by atoms with van der Waals surface area (Å²) in [5, 5.41) is 14.2. The molecule has 1 rings (SSSR count). The molecule has 0 atom stereocenters. The molecule has 1 saturated carbocycles. The van der Waals surface area contributed by atoms with E-state index < -0.39 is 5.97 Å². The van der Waals surface area contributed by atoms with E-state index in [1.54, 1.807) is 0 Å². The molecule has 0 aliphatic heterocycles. The Labute approximate surface area is 88.5 Å². The van der Waals surface area contributed by atoms with Gasteiger partial charge in [0.1, 0.15) is 0 Å². The van der Waals surface area contributed by atoms with Gasteiger partial charge in [0.2, 0.25) is 5.91 Å². The van der Waals surface area contributed by atoms with Crippen LogP contribution < -0.4 is 10.6 Å². The van der Waals surface area contributed by atoms with Crippen LogP contribution in [0.3, 0.4) is 0 Å². The first-order valence-electron chi connectivity index (χ1n) is 5.00. The molecule has 0 aromatic rings. The quantitative estimate of drug-likeness (QED) is 0.401. The van der Waals surface area contributed by atoms with Crippen molar-refractivity contribution in [3.05, 3.63) is 12.2 Å². The third kappa shape index (κ3) is 4.60. The van der Waals surface area contributed by atoms with Crippen molar-refractivity contribution in [1.29, 1.82) is 0 Å². The molecule has 1 aliphatic rings. The molecule has 5 heteroatoms. The first-order valence-corrected chi connectivity index (χ1v) is 5.00. The predicted octanol–water partition coefficient (Wildman–Crippen LogP) is -0.257. The average Bonchev–Trinajstić information content (AvgIpc) is 2.99. The maximum Gasteiger partial charge on any atom is 0.332 e. The lowest BCUT2D eigenvalue weighted by atomic mass is 10.3. The number of carboxylic acid groups (broad SMARTS) is 1. The van der Waals surface area contributed by atoms with E-state index in [1.807, 2.05) is 0 Å². The summed E-state index contributed by atoms with van der Waals surface area (Å²) < 4.78 is 0. The molecule has 1 fully saturated rings. The molecule has 0 bridgehead atoms. The van der Waals surface area contributed by atoms with Crippen LogP contribution in [0, 0.1) is 5.92 Å². The van der Waals surface area contributed by atoms with Gasteiger partial charge in [-0.15, -0.1) is 0 Å². The van der Waals surface area contributed by atoms with Crippen LogP contribution in [0.15, 0.2) is 12.2 Å². The number of carboxylic acids is 1. The van der Waals surface area contributed by atoms with Crippen molar-refractivity contribution in [2.75, 3.05) is 19.6 Å². The monoisotopic (exact) mass is 212 g/mol. The van der Waals surface area contributed by atoms with E-state index in [-0.39, 0.29) is 23.9 Å². The number of hydrogen-bond acceptors (Lipinski definition) is 3. The summed E-state index contributed by atoms with van der Waals surface area (Å²) in [7, 11) is 0. The third-order valence-electron chi connectivity index (χ3n) is 2.19. The Kier molecular flexibility index (Phi) is 4.30. The van der Waals surface area contributed by atoms with Crippen molar-refractivity contribution >= 4 is 11.9 Å². The van der Waals surface area contributed by atoms with Crippen LogP contribution in [0.5, 0.6) is 0 Å². The minimum Gasteiger partial charge on any atom is -0.478 e. The molecule has 5 nitrogen and oxygen atoms in total. The second-order valence-electron chi connectivity index (χ2n) is 3.65. The smallest absolute Gasteiger partial charge is 0.332 e. The second-order valence-corrected chi connectivity index (χ2v) is 3.65. The van der Waals surface area contributed by atoms with Gasteiger partial charge in [-0.05, 0) is 12.8 Å². The number of carbonyl (C=O) groups is 2. The minimum absolute atomic E-state index is 0.105. The molecular weight excluding hydrogens is 196 g/mol. The fourth-order valence-corrected chi connectivity index (χ4v) is 1.08. The molecule has 3 N–H and O–H groups in total. The van der Waals surface area contributed by atoms with Crippen LogP contribution in [0.1, 0.15) is 12.8 Å². The van der Waals surface area contributed by atoms with Gasteiger partial charge in [-0.1, -0.05) is 6.58 Å². The van der Waals surface area contributed by atoms with Gasteiger partial charge in [-0.25, -0.2) is 4.79 Å². The standard InChI is InChI=1S/C10H16N2O3/c1-7(10(14)15)6-11-4-5-12-9(13)8-2-3-8/h8,11H,1-6H2,(H,12,13)(H,14,15). The van der Waals surface area contributed by atoms with Gasteiger partial charge in [-0.3, -0.25) is 4.79 Å². The number of amides is 1.